The average molecular weight is 326 g/mol. The molecule has 3 rings (SSSR count). The molecule has 0 aliphatic rings. The van der Waals surface area contributed by atoms with Gasteiger partial charge < -0.3 is 15.2 Å². The van der Waals surface area contributed by atoms with Crippen LogP contribution < -0.4 is 15.2 Å². The van der Waals surface area contributed by atoms with Gasteiger partial charge in [0, 0.05) is 17.6 Å². The number of carbonyl (C=O) groups is 1. The summed E-state index contributed by atoms with van der Waals surface area (Å²) in [6.45, 7) is 1.79. The third kappa shape index (κ3) is 2.86. The van der Waals surface area contributed by atoms with Crippen LogP contribution in [0, 0.1) is 12.7 Å². The zero-order valence-electron chi connectivity index (χ0n) is 13.2. The average Bonchev–Trinajstić information content (AvgIpc) is 2.56. The van der Waals surface area contributed by atoms with E-state index in [2.05, 4.69) is 4.98 Å². The first-order chi connectivity index (χ1) is 11.5. The minimum absolute atomic E-state index is 0.0875. The van der Waals surface area contributed by atoms with E-state index in [1.165, 1.54) is 25.4 Å². The van der Waals surface area contributed by atoms with E-state index >= 15 is 0 Å². The Balaban J connectivity index is 2.14. The maximum Gasteiger partial charge on any atom is 0.252 e. The zero-order chi connectivity index (χ0) is 17.3. The molecule has 0 unspecified atom stereocenters. The van der Waals surface area contributed by atoms with Gasteiger partial charge in [-0.1, -0.05) is 6.07 Å². The summed E-state index contributed by atoms with van der Waals surface area (Å²) in [5.74, 6) is -0.327. The summed E-state index contributed by atoms with van der Waals surface area (Å²) in [6.07, 6.45) is 1.53. The van der Waals surface area contributed by atoms with Gasteiger partial charge >= 0.3 is 0 Å². The van der Waals surface area contributed by atoms with E-state index < -0.39 is 11.7 Å². The second-order valence-electron chi connectivity index (χ2n) is 5.28. The number of ether oxygens (including phenoxy) is 2. The number of primary amides is 1. The zero-order valence-corrected chi connectivity index (χ0v) is 13.2. The van der Waals surface area contributed by atoms with Crippen molar-refractivity contribution in [3.63, 3.8) is 0 Å². The lowest BCUT2D eigenvalue weighted by molar-refractivity contribution is 0.0997. The van der Waals surface area contributed by atoms with Gasteiger partial charge in [-0.05, 0) is 36.8 Å². The minimum Gasteiger partial charge on any atom is -0.496 e. The van der Waals surface area contributed by atoms with Gasteiger partial charge in [0.1, 0.15) is 11.5 Å². The highest BCUT2D eigenvalue weighted by molar-refractivity contribution is 6.01. The number of aromatic nitrogens is 1. The van der Waals surface area contributed by atoms with Crippen LogP contribution in [0.3, 0.4) is 0 Å². The van der Waals surface area contributed by atoms with Crippen molar-refractivity contribution in [1.29, 1.82) is 0 Å². The molecule has 2 aromatic carbocycles. The van der Waals surface area contributed by atoms with Crippen molar-refractivity contribution in [2.45, 2.75) is 6.92 Å². The molecular formula is C18H15FN2O3. The molecule has 0 atom stereocenters. The lowest BCUT2D eigenvalue weighted by Crippen LogP contribution is -2.12. The van der Waals surface area contributed by atoms with Gasteiger partial charge in [-0.25, -0.2) is 4.39 Å². The highest BCUT2D eigenvalue weighted by atomic mass is 19.1. The summed E-state index contributed by atoms with van der Waals surface area (Å²) < 4.78 is 24.9. The van der Waals surface area contributed by atoms with Crippen molar-refractivity contribution in [3.05, 3.63) is 59.5 Å². The molecular weight excluding hydrogens is 311 g/mol. The first kappa shape index (κ1) is 15.7. The van der Waals surface area contributed by atoms with Crippen molar-refractivity contribution in [1.82, 2.24) is 4.98 Å². The summed E-state index contributed by atoms with van der Waals surface area (Å²) in [4.78, 5) is 15.8. The van der Waals surface area contributed by atoms with E-state index in [9.17, 15) is 9.18 Å². The molecule has 24 heavy (non-hydrogen) atoms. The van der Waals surface area contributed by atoms with Crippen LogP contribution in [0.5, 0.6) is 17.2 Å². The molecule has 0 fully saturated rings. The molecule has 6 heteroatoms. The maximum atomic E-state index is 14.0. The van der Waals surface area contributed by atoms with Gasteiger partial charge in [-0.3, -0.25) is 9.78 Å². The lowest BCUT2D eigenvalue weighted by atomic mass is 10.1. The van der Waals surface area contributed by atoms with Gasteiger partial charge in [0.25, 0.3) is 5.91 Å². The van der Waals surface area contributed by atoms with Gasteiger partial charge in [0.15, 0.2) is 11.6 Å². The van der Waals surface area contributed by atoms with Crippen molar-refractivity contribution in [2.75, 3.05) is 7.11 Å². The fourth-order valence-electron chi connectivity index (χ4n) is 2.41. The molecule has 1 amide bonds. The summed E-state index contributed by atoms with van der Waals surface area (Å²) in [6, 6.07) is 9.41. The highest BCUT2D eigenvalue weighted by Crippen LogP contribution is 2.34. The second-order valence-corrected chi connectivity index (χ2v) is 5.28. The van der Waals surface area contributed by atoms with E-state index in [1.54, 1.807) is 31.2 Å². The van der Waals surface area contributed by atoms with E-state index in [4.69, 9.17) is 15.2 Å². The number of hydrogen-bond acceptors (Lipinski definition) is 4. The molecule has 0 aliphatic carbocycles. The molecule has 0 radical (unpaired) electrons. The number of benzene rings is 2. The number of fused-ring (bicyclic) bond motifs is 1. The van der Waals surface area contributed by atoms with Crippen LogP contribution in [0.1, 0.15) is 15.9 Å². The predicted octanol–water partition coefficient (Wildman–Crippen LogP) is 3.58. The first-order valence-electron chi connectivity index (χ1n) is 7.20. The van der Waals surface area contributed by atoms with Crippen molar-refractivity contribution in [2.24, 2.45) is 5.73 Å². The summed E-state index contributed by atoms with van der Waals surface area (Å²) in [5, 5.41) is 0.534. The summed E-state index contributed by atoms with van der Waals surface area (Å²) in [5.41, 5.74) is 6.92. The third-order valence-electron chi connectivity index (χ3n) is 3.60. The van der Waals surface area contributed by atoms with Crippen LogP contribution >= 0.6 is 0 Å². The van der Waals surface area contributed by atoms with Crippen LogP contribution in [0.4, 0.5) is 4.39 Å². The van der Waals surface area contributed by atoms with Gasteiger partial charge in [-0.15, -0.1) is 0 Å². The first-order valence-corrected chi connectivity index (χ1v) is 7.20. The molecule has 0 aliphatic heterocycles. The number of aryl methyl sites for hydroxylation is 1. The van der Waals surface area contributed by atoms with Crippen LogP contribution in [-0.4, -0.2) is 18.0 Å². The number of pyridine rings is 1. The predicted molar refractivity (Wildman–Crippen MR) is 88.0 cm³/mol. The number of amides is 1. The fourth-order valence-corrected chi connectivity index (χ4v) is 2.41. The van der Waals surface area contributed by atoms with E-state index in [-0.39, 0.29) is 11.3 Å². The Morgan fingerprint density at radius 2 is 1.92 bits per heavy atom. The molecule has 1 aromatic heterocycles. The summed E-state index contributed by atoms with van der Waals surface area (Å²) in [7, 11) is 1.44. The molecule has 0 saturated heterocycles. The number of nitrogens with zero attached hydrogens (tertiary/aromatic N) is 1. The van der Waals surface area contributed by atoms with Crippen molar-refractivity contribution < 1.29 is 18.7 Å². The van der Waals surface area contributed by atoms with E-state index in [0.29, 0.717) is 22.4 Å². The van der Waals surface area contributed by atoms with Crippen molar-refractivity contribution in [3.8, 4) is 17.2 Å². The third-order valence-corrected chi connectivity index (χ3v) is 3.60. The number of methoxy groups -OCH3 is 1. The number of nitrogens with two attached hydrogens (primary N) is 1. The minimum atomic E-state index is -0.634. The molecule has 5 nitrogen and oxygen atoms in total. The number of rotatable bonds is 4. The van der Waals surface area contributed by atoms with E-state index in [0.717, 1.165) is 5.56 Å². The SMILES string of the molecule is COc1cc2nccc(Oc3ccc(C)cc3F)c2cc1C(N)=O. The Hall–Kier alpha value is -3.15. The molecule has 122 valence electrons. The lowest BCUT2D eigenvalue weighted by Gasteiger charge is -2.12. The van der Waals surface area contributed by atoms with Crippen LogP contribution in [0.2, 0.25) is 0 Å². The Bertz CT molecular complexity index is 941. The number of hydrogen-bond donors (Lipinski definition) is 1. The largest absolute Gasteiger partial charge is 0.496 e. The molecule has 3 aromatic rings. The molecule has 2 N–H and O–H groups in total. The summed E-state index contributed by atoms with van der Waals surface area (Å²) >= 11 is 0. The topological polar surface area (TPSA) is 74.4 Å². The molecule has 1 heterocycles. The Kier molecular flexibility index (Phi) is 4.04. The smallest absolute Gasteiger partial charge is 0.252 e. The van der Waals surface area contributed by atoms with Gasteiger partial charge in [0.2, 0.25) is 0 Å². The standard InChI is InChI=1S/C18H15FN2O3/c1-10-3-4-16(13(19)7-10)24-15-5-6-21-14-9-17(23-2)12(18(20)22)8-11(14)15/h3-9H,1-2H3,(H2,20,22). The molecule has 0 spiro atoms. The van der Waals surface area contributed by atoms with Crippen LogP contribution in [-0.2, 0) is 0 Å². The van der Waals surface area contributed by atoms with Gasteiger partial charge in [-0.2, -0.15) is 0 Å². The Labute approximate surface area is 137 Å². The van der Waals surface area contributed by atoms with Gasteiger partial charge in [0.05, 0.1) is 18.2 Å². The monoisotopic (exact) mass is 326 g/mol. The van der Waals surface area contributed by atoms with Crippen molar-refractivity contribution >= 4 is 16.8 Å². The second kappa shape index (κ2) is 6.16. The van der Waals surface area contributed by atoms with E-state index in [1.807, 2.05) is 0 Å². The number of carbonyl (C=O) groups excluding carboxylic acids is 1. The Morgan fingerprint density at radius 1 is 1.12 bits per heavy atom. The molecule has 0 saturated carbocycles. The molecule has 0 bridgehead atoms. The Morgan fingerprint density at radius 3 is 2.58 bits per heavy atom. The number of halogens is 1. The van der Waals surface area contributed by atoms with Crippen LogP contribution in [0.15, 0.2) is 42.6 Å². The normalized spacial score (nSPS) is 10.6. The quantitative estimate of drug-likeness (QED) is 0.795. The fraction of sp³-hybridized carbons (Fsp3) is 0.111. The van der Waals surface area contributed by atoms with Crippen LogP contribution in [0.25, 0.3) is 10.9 Å². The maximum absolute atomic E-state index is 14.0. The highest BCUT2D eigenvalue weighted by Gasteiger charge is 2.15.